The van der Waals surface area contributed by atoms with Gasteiger partial charge < -0.3 is 20.7 Å². The average Bonchev–Trinajstić information content (AvgIpc) is 3.45. The third-order valence-electron chi connectivity index (χ3n) is 5.57. The fourth-order valence-corrected chi connectivity index (χ4v) is 4.44. The summed E-state index contributed by atoms with van der Waals surface area (Å²) in [5.74, 6) is 1.78. The van der Waals surface area contributed by atoms with Gasteiger partial charge in [-0.3, -0.25) is 4.79 Å². The molecule has 0 bridgehead atoms. The summed E-state index contributed by atoms with van der Waals surface area (Å²) < 4.78 is 5.21. The molecule has 0 saturated carbocycles. The fraction of sp³-hybridized carbons (Fsp3) is 0.0690. The Hall–Kier alpha value is -4.69. The Morgan fingerprint density at radius 1 is 0.811 bits per heavy atom. The highest BCUT2D eigenvalue weighted by Gasteiger charge is 2.08. The van der Waals surface area contributed by atoms with Crippen molar-refractivity contribution in [3.63, 3.8) is 0 Å². The Morgan fingerprint density at radius 2 is 1.49 bits per heavy atom. The third kappa shape index (κ3) is 6.12. The number of carbonyl (C=O) groups excluding carboxylic acids is 1. The van der Waals surface area contributed by atoms with Crippen molar-refractivity contribution in [1.29, 1.82) is 0 Å². The maximum absolute atomic E-state index is 12.7. The molecule has 2 aromatic heterocycles. The molecule has 8 heteroatoms. The molecule has 7 nitrogen and oxygen atoms in total. The van der Waals surface area contributed by atoms with E-state index in [0.29, 0.717) is 23.0 Å². The number of nitrogens with one attached hydrogen (secondary N) is 3. The Labute approximate surface area is 219 Å². The molecule has 0 fully saturated rings. The van der Waals surface area contributed by atoms with Crippen molar-refractivity contribution in [2.45, 2.75) is 6.92 Å². The van der Waals surface area contributed by atoms with Gasteiger partial charge in [0.25, 0.3) is 5.91 Å². The number of anilines is 5. The monoisotopic (exact) mass is 507 g/mol. The van der Waals surface area contributed by atoms with E-state index in [-0.39, 0.29) is 5.91 Å². The highest BCUT2D eigenvalue weighted by molar-refractivity contribution is 7.13. The van der Waals surface area contributed by atoms with Crippen LogP contribution in [0.3, 0.4) is 0 Å². The number of thiophene rings is 1. The van der Waals surface area contributed by atoms with Gasteiger partial charge in [-0.2, -0.15) is 4.98 Å². The Bertz CT molecular complexity index is 1480. The second kappa shape index (κ2) is 10.9. The number of aryl methyl sites for hydroxylation is 1. The minimum Gasteiger partial charge on any atom is -0.497 e. The molecular formula is C29H25N5O2S. The summed E-state index contributed by atoms with van der Waals surface area (Å²) in [4.78, 5) is 22.9. The molecule has 184 valence electrons. The summed E-state index contributed by atoms with van der Waals surface area (Å²) in [6.07, 6.45) is 0. The second-order valence-electron chi connectivity index (χ2n) is 8.28. The number of methoxy groups -OCH3 is 1. The maximum Gasteiger partial charge on any atom is 0.255 e. The molecule has 0 aliphatic rings. The van der Waals surface area contributed by atoms with E-state index < -0.39 is 0 Å². The van der Waals surface area contributed by atoms with Crippen LogP contribution < -0.4 is 20.7 Å². The largest absolute Gasteiger partial charge is 0.497 e. The molecule has 3 N–H and O–H groups in total. The van der Waals surface area contributed by atoms with Gasteiger partial charge in [-0.1, -0.05) is 18.2 Å². The molecule has 0 aliphatic heterocycles. The fourth-order valence-electron chi connectivity index (χ4n) is 3.71. The number of carbonyl (C=O) groups is 1. The van der Waals surface area contributed by atoms with Gasteiger partial charge in [0.1, 0.15) is 11.6 Å². The van der Waals surface area contributed by atoms with Gasteiger partial charge in [0.05, 0.1) is 7.11 Å². The van der Waals surface area contributed by atoms with E-state index in [1.54, 1.807) is 18.4 Å². The normalized spacial score (nSPS) is 10.5. The molecule has 1 amide bonds. The summed E-state index contributed by atoms with van der Waals surface area (Å²) in [6.45, 7) is 1.91. The zero-order chi connectivity index (χ0) is 25.6. The third-order valence-corrected chi connectivity index (χ3v) is 6.49. The lowest BCUT2D eigenvalue weighted by Crippen LogP contribution is -2.11. The molecule has 0 radical (unpaired) electrons. The average molecular weight is 508 g/mol. The first-order valence-electron chi connectivity index (χ1n) is 11.6. The first kappa shape index (κ1) is 24.0. The molecule has 5 aromatic rings. The highest BCUT2D eigenvalue weighted by Crippen LogP contribution is 2.25. The molecule has 2 heterocycles. The van der Waals surface area contributed by atoms with Crippen LogP contribution in [-0.4, -0.2) is 23.0 Å². The lowest BCUT2D eigenvalue weighted by Gasteiger charge is -2.11. The summed E-state index contributed by atoms with van der Waals surface area (Å²) in [5.41, 5.74) is 4.92. The van der Waals surface area contributed by atoms with Crippen LogP contribution in [0.5, 0.6) is 5.75 Å². The van der Waals surface area contributed by atoms with Gasteiger partial charge in [0.15, 0.2) is 0 Å². The van der Waals surface area contributed by atoms with Crippen molar-refractivity contribution < 1.29 is 9.53 Å². The van der Waals surface area contributed by atoms with E-state index in [1.165, 1.54) is 4.88 Å². The lowest BCUT2D eigenvalue weighted by atomic mass is 10.1. The molecule has 37 heavy (non-hydrogen) atoms. The van der Waals surface area contributed by atoms with Crippen LogP contribution in [0.2, 0.25) is 0 Å². The van der Waals surface area contributed by atoms with Crippen molar-refractivity contribution >= 4 is 46.1 Å². The summed E-state index contributed by atoms with van der Waals surface area (Å²) >= 11 is 1.67. The molecule has 0 spiro atoms. The lowest BCUT2D eigenvalue weighted by molar-refractivity contribution is 0.102. The number of benzene rings is 3. The molecule has 0 saturated heterocycles. The van der Waals surface area contributed by atoms with Gasteiger partial charge in [-0.15, -0.1) is 11.3 Å². The van der Waals surface area contributed by atoms with Crippen molar-refractivity contribution in [1.82, 2.24) is 9.97 Å². The summed E-state index contributed by atoms with van der Waals surface area (Å²) in [5, 5.41) is 11.5. The van der Waals surface area contributed by atoms with Crippen molar-refractivity contribution in [3.8, 4) is 16.2 Å². The zero-order valence-corrected chi connectivity index (χ0v) is 21.2. The summed E-state index contributed by atoms with van der Waals surface area (Å²) in [7, 11) is 1.64. The van der Waals surface area contributed by atoms with Crippen LogP contribution in [0.1, 0.15) is 16.1 Å². The van der Waals surface area contributed by atoms with Crippen LogP contribution in [0.4, 0.5) is 28.8 Å². The van der Waals surface area contributed by atoms with Crippen LogP contribution in [-0.2, 0) is 0 Å². The first-order valence-corrected chi connectivity index (χ1v) is 12.5. The van der Waals surface area contributed by atoms with E-state index in [9.17, 15) is 4.79 Å². The van der Waals surface area contributed by atoms with Crippen molar-refractivity contribution in [2.75, 3.05) is 23.1 Å². The Morgan fingerprint density at radius 3 is 2.16 bits per heavy atom. The first-order chi connectivity index (χ1) is 18.1. The van der Waals surface area contributed by atoms with Crippen molar-refractivity contribution in [3.05, 3.63) is 108 Å². The quantitative estimate of drug-likeness (QED) is 0.205. The van der Waals surface area contributed by atoms with Gasteiger partial charge in [0, 0.05) is 39.3 Å². The van der Waals surface area contributed by atoms with E-state index in [1.807, 2.05) is 97.2 Å². The number of nitrogens with zero attached hydrogens (tertiary/aromatic N) is 2. The molecule has 0 aliphatic carbocycles. The maximum atomic E-state index is 12.7. The number of ether oxygens (including phenoxy) is 1. The van der Waals surface area contributed by atoms with E-state index in [0.717, 1.165) is 28.4 Å². The standard InChI is InChI=1S/C29H25N5O2S/c1-19-18-27(31-22-13-15-25(36-2)16-14-22)34-29(30-19)33-24-11-9-23(10-12-24)32-28(35)21-7-5-20(6-8-21)26-4-3-17-37-26/h3-18H,1-2H3,(H,32,35)(H2,30,31,33,34). The summed E-state index contributed by atoms with van der Waals surface area (Å²) in [6, 6.07) is 28.6. The number of hydrogen-bond donors (Lipinski definition) is 3. The number of amides is 1. The number of aromatic nitrogens is 2. The Kier molecular flexibility index (Phi) is 7.09. The molecular weight excluding hydrogens is 482 g/mol. The van der Waals surface area contributed by atoms with Crippen LogP contribution in [0, 0.1) is 6.92 Å². The van der Waals surface area contributed by atoms with E-state index in [2.05, 4.69) is 32.0 Å². The van der Waals surface area contributed by atoms with Gasteiger partial charge in [-0.25, -0.2) is 4.98 Å². The minimum atomic E-state index is -0.158. The highest BCUT2D eigenvalue weighted by atomic mass is 32.1. The van der Waals surface area contributed by atoms with E-state index >= 15 is 0 Å². The van der Waals surface area contributed by atoms with E-state index in [4.69, 9.17) is 4.74 Å². The molecule has 3 aromatic carbocycles. The zero-order valence-electron chi connectivity index (χ0n) is 20.4. The molecule has 0 atom stereocenters. The minimum absolute atomic E-state index is 0.158. The van der Waals surface area contributed by atoms with Gasteiger partial charge in [-0.05, 0) is 84.6 Å². The van der Waals surface area contributed by atoms with Crippen molar-refractivity contribution in [2.24, 2.45) is 0 Å². The molecule has 0 unspecified atom stereocenters. The number of rotatable bonds is 8. The number of hydrogen-bond acceptors (Lipinski definition) is 7. The second-order valence-corrected chi connectivity index (χ2v) is 9.23. The van der Waals surface area contributed by atoms with Crippen LogP contribution in [0.25, 0.3) is 10.4 Å². The van der Waals surface area contributed by atoms with Gasteiger partial charge in [0.2, 0.25) is 5.95 Å². The molecule has 5 rings (SSSR count). The smallest absolute Gasteiger partial charge is 0.255 e. The van der Waals surface area contributed by atoms with Crippen LogP contribution >= 0.6 is 11.3 Å². The SMILES string of the molecule is COc1ccc(Nc2cc(C)nc(Nc3ccc(NC(=O)c4ccc(-c5cccs5)cc4)cc3)n2)cc1. The van der Waals surface area contributed by atoms with Crippen LogP contribution in [0.15, 0.2) is 96.4 Å². The topological polar surface area (TPSA) is 88.2 Å². The predicted octanol–water partition coefficient (Wildman–Crippen LogP) is 7.26. The predicted molar refractivity (Wildman–Crippen MR) is 150 cm³/mol. The van der Waals surface area contributed by atoms with Gasteiger partial charge >= 0.3 is 0 Å². The Balaban J connectivity index is 1.21.